The summed E-state index contributed by atoms with van der Waals surface area (Å²) >= 11 is 1.45. The van der Waals surface area contributed by atoms with Gasteiger partial charge in [-0.25, -0.2) is 9.59 Å². The molecule has 3 amide bonds. The second-order valence-electron chi connectivity index (χ2n) is 9.04. The van der Waals surface area contributed by atoms with Crippen LogP contribution in [0.3, 0.4) is 0 Å². The fourth-order valence-corrected chi connectivity index (χ4v) is 5.61. The molecule has 2 atom stereocenters. The van der Waals surface area contributed by atoms with Crippen LogP contribution in [0.4, 0.5) is 4.79 Å². The van der Waals surface area contributed by atoms with E-state index in [9.17, 15) is 14.4 Å². The second-order valence-corrected chi connectivity index (χ2v) is 9.99. The SMILES string of the molecule is CCOC(=O)C1=C(CN2CCN(C(=O)c3cccs3)[C@H](C)C2)N(CC)C(=O)N[C@H]1c1ccc(OC)cc1. The van der Waals surface area contributed by atoms with Gasteiger partial charge in [0.05, 0.1) is 30.2 Å². The number of hydrogen-bond acceptors (Lipinski definition) is 7. The van der Waals surface area contributed by atoms with E-state index in [-0.39, 0.29) is 24.6 Å². The van der Waals surface area contributed by atoms with Gasteiger partial charge in [-0.2, -0.15) is 0 Å². The van der Waals surface area contributed by atoms with Crippen LogP contribution in [-0.2, 0) is 9.53 Å². The molecule has 0 aliphatic carbocycles. The first-order valence-electron chi connectivity index (χ1n) is 12.6. The standard InChI is InChI=1S/C27H34N4O5S/c1-5-30-21(17-29-13-14-31(18(3)16-29)25(32)22-8-7-15-37-22)23(26(33)36-6-2)24(28-27(30)34)19-9-11-20(35-4)12-10-19/h7-12,15,18,24H,5-6,13-14,16-17H2,1-4H3,(H,28,34)/t18-,24+/m1/s1. The Morgan fingerprint density at radius 2 is 1.89 bits per heavy atom. The summed E-state index contributed by atoms with van der Waals surface area (Å²) in [6.07, 6.45) is 0. The Hall–Kier alpha value is -3.37. The highest BCUT2D eigenvalue weighted by molar-refractivity contribution is 7.12. The van der Waals surface area contributed by atoms with Crippen LogP contribution in [-0.4, -0.2) is 85.1 Å². The molecular weight excluding hydrogens is 492 g/mol. The number of nitrogens with zero attached hydrogens (tertiary/aromatic N) is 3. The van der Waals surface area contributed by atoms with Crippen molar-refractivity contribution in [3.8, 4) is 5.75 Å². The van der Waals surface area contributed by atoms with Crippen molar-refractivity contribution in [1.29, 1.82) is 0 Å². The first kappa shape index (κ1) is 26.7. The number of benzene rings is 1. The number of esters is 1. The van der Waals surface area contributed by atoms with Crippen LogP contribution in [0, 0.1) is 0 Å². The van der Waals surface area contributed by atoms with E-state index in [1.54, 1.807) is 18.9 Å². The van der Waals surface area contributed by atoms with E-state index in [4.69, 9.17) is 9.47 Å². The molecule has 0 radical (unpaired) electrons. The molecule has 1 fully saturated rings. The number of nitrogens with one attached hydrogen (secondary N) is 1. The summed E-state index contributed by atoms with van der Waals surface area (Å²) in [7, 11) is 1.59. The normalized spacial score (nSPS) is 20.6. The van der Waals surface area contributed by atoms with E-state index in [0.717, 1.165) is 10.4 Å². The molecule has 4 rings (SSSR count). The molecular formula is C27H34N4O5S. The monoisotopic (exact) mass is 526 g/mol. The zero-order chi connectivity index (χ0) is 26.5. The Morgan fingerprint density at radius 1 is 1.14 bits per heavy atom. The summed E-state index contributed by atoms with van der Waals surface area (Å²) in [6, 6.07) is 10.1. The third-order valence-electron chi connectivity index (χ3n) is 6.78. The van der Waals surface area contributed by atoms with Crippen LogP contribution in [0.2, 0.25) is 0 Å². The van der Waals surface area contributed by atoms with Gasteiger partial charge in [-0.3, -0.25) is 14.6 Å². The number of carbonyl (C=O) groups excluding carboxylic acids is 3. The molecule has 2 aliphatic heterocycles. The average Bonchev–Trinajstić information content (AvgIpc) is 3.44. The third kappa shape index (κ3) is 5.65. The highest BCUT2D eigenvalue weighted by atomic mass is 32.1. The highest BCUT2D eigenvalue weighted by Crippen LogP contribution is 2.33. The van der Waals surface area contributed by atoms with Gasteiger partial charge in [0.15, 0.2) is 0 Å². The minimum absolute atomic E-state index is 0.0140. The van der Waals surface area contributed by atoms with Crippen molar-refractivity contribution in [3.05, 3.63) is 63.5 Å². The number of methoxy groups -OCH3 is 1. The van der Waals surface area contributed by atoms with Crippen molar-refractivity contribution < 1.29 is 23.9 Å². The third-order valence-corrected chi connectivity index (χ3v) is 7.63. The van der Waals surface area contributed by atoms with Gasteiger partial charge in [-0.1, -0.05) is 18.2 Å². The summed E-state index contributed by atoms with van der Waals surface area (Å²) in [5.41, 5.74) is 1.83. The maximum atomic E-state index is 13.3. The number of rotatable bonds is 8. The number of urea groups is 1. The number of amides is 3. The smallest absolute Gasteiger partial charge is 0.338 e. The minimum Gasteiger partial charge on any atom is -0.497 e. The fraction of sp³-hybridized carbons (Fsp3) is 0.444. The Bertz CT molecular complexity index is 1150. The predicted molar refractivity (Wildman–Crippen MR) is 142 cm³/mol. The van der Waals surface area contributed by atoms with E-state index in [0.29, 0.717) is 49.7 Å². The van der Waals surface area contributed by atoms with Crippen LogP contribution < -0.4 is 10.1 Å². The van der Waals surface area contributed by atoms with Crippen molar-refractivity contribution >= 4 is 29.2 Å². The molecule has 2 aromatic rings. The Morgan fingerprint density at radius 3 is 2.49 bits per heavy atom. The second kappa shape index (κ2) is 11.8. The number of likely N-dealkylation sites (N-methyl/N-ethyl adjacent to an activating group) is 1. The maximum absolute atomic E-state index is 13.3. The molecule has 0 bridgehead atoms. The number of thiophene rings is 1. The summed E-state index contributed by atoms with van der Waals surface area (Å²) in [5.74, 6) is 0.281. The van der Waals surface area contributed by atoms with Crippen LogP contribution >= 0.6 is 11.3 Å². The van der Waals surface area contributed by atoms with Crippen molar-refractivity contribution in [2.45, 2.75) is 32.9 Å². The van der Waals surface area contributed by atoms with Crippen LogP contribution in [0.25, 0.3) is 0 Å². The van der Waals surface area contributed by atoms with Crippen molar-refractivity contribution in [2.75, 3.05) is 46.4 Å². The van der Waals surface area contributed by atoms with Crippen LogP contribution in [0.15, 0.2) is 53.0 Å². The van der Waals surface area contributed by atoms with E-state index in [1.165, 1.54) is 11.3 Å². The molecule has 1 aromatic heterocycles. The van der Waals surface area contributed by atoms with Gasteiger partial charge < -0.3 is 19.7 Å². The van der Waals surface area contributed by atoms with E-state index >= 15 is 0 Å². The van der Waals surface area contributed by atoms with Crippen molar-refractivity contribution in [1.82, 2.24) is 20.0 Å². The minimum atomic E-state index is -0.644. The Labute approximate surface area is 221 Å². The first-order valence-corrected chi connectivity index (χ1v) is 13.4. The summed E-state index contributed by atoms with van der Waals surface area (Å²) in [6.45, 7) is 8.55. The molecule has 3 heterocycles. The highest BCUT2D eigenvalue weighted by Gasteiger charge is 2.39. The van der Waals surface area contributed by atoms with Gasteiger partial charge in [-0.15, -0.1) is 11.3 Å². The number of ether oxygens (including phenoxy) is 2. The van der Waals surface area contributed by atoms with Gasteiger partial charge >= 0.3 is 12.0 Å². The lowest BCUT2D eigenvalue weighted by atomic mass is 9.94. The lowest BCUT2D eigenvalue weighted by molar-refractivity contribution is -0.139. The van der Waals surface area contributed by atoms with Crippen molar-refractivity contribution in [3.63, 3.8) is 0 Å². The average molecular weight is 527 g/mol. The van der Waals surface area contributed by atoms with E-state index < -0.39 is 12.0 Å². The molecule has 1 N–H and O–H groups in total. The van der Waals surface area contributed by atoms with Crippen molar-refractivity contribution in [2.24, 2.45) is 0 Å². The fourth-order valence-electron chi connectivity index (χ4n) is 4.94. The lowest BCUT2D eigenvalue weighted by Gasteiger charge is -2.42. The predicted octanol–water partition coefficient (Wildman–Crippen LogP) is 3.51. The topological polar surface area (TPSA) is 91.4 Å². The molecule has 2 aliphatic rings. The number of piperazine rings is 1. The molecule has 0 saturated carbocycles. The maximum Gasteiger partial charge on any atom is 0.338 e. The van der Waals surface area contributed by atoms with Crippen LogP contribution in [0.1, 0.15) is 42.0 Å². The summed E-state index contributed by atoms with van der Waals surface area (Å²) in [5, 5.41) is 4.90. The molecule has 9 nitrogen and oxygen atoms in total. The largest absolute Gasteiger partial charge is 0.497 e. The molecule has 198 valence electrons. The van der Waals surface area contributed by atoms with E-state index in [1.807, 2.05) is 60.5 Å². The van der Waals surface area contributed by atoms with Gasteiger partial charge in [0.25, 0.3) is 5.91 Å². The van der Waals surface area contributed by atoms with E-state index in [2.05, 4.69) is 10.2 Å². The quantitative estimate of drug-likeness (QED) is 0.530. The molecule has 37 heavy (non-hydrogen) atoms. The zero-order valence-corrected chi connectivity index (χ0v) is 22.5. The zero-order valence-electron chi connectivity index (χ0n) is 21.7. The molecule has 1 aromatic carbocycles. The Kier molecular flexibility index (Phi) is 8.50. The molecule has 0 spiro atoms. The van der Waals surface area contributed by atoms with Gasteiger partial charge in [0, 0.05) is 44.5 Å². The van der Waals surface area contributed by atoms with Crippen LogP contribution in [0.5, 0.6) is 5.75 Å². The Balaban J connectivity index is 1.64. The summed E-state index contributed by atoms with van der Waals surface area (Å²) in [4.78, 5) is 45.9. The first-order chi connectivity index (χ1) is 17.9. The lowest BCUT2D eigenvalue weighted by Crippen LogP contribution is -2.56. The van der Waals surface area contributed by atoms with Gasteiger partial charge in [-0.05, 0) is 49.9 Å². The molecule has 1 saturated heterocycles. The number of carbonyl (C=O) groups is 3. The van der Waals surface area contributed by atoms with Gasteiger partial charge in [0.1, 0.15) is 5.75 Å². The van der Waals surface area contributed by atoms with Gasteiger partial charge in [0.2, 0.25) is 0 Å². The molecule has 0 unspecified atom stereocenters. The summed E-state index contributed by atoms with van der Waals surface area (Å²) < 4.78 is 10.7. The number of hydrogen-bond donors (Lipinski definition) is 1. The molecule has 10 heteroatoms.